The largest absolute Gasteiger partial charge is 0.343 e. The summed E-state index contributed by atoms with van der Waals surface area (Å²) in [6, 6.07) is 29.3. The van der Waals surface area contributed by atoms with E-state index in [1.165, 1.54) is 33.3 Å². The van der Waals surface area contributed by atoms with Gasteiger partial charge in [0.1, 0.15) is 5.78 Å². The van der Waals surface area contributed by atoms with Crippen molar-refractivity contribution >= 4 is 16.7 Å². The number of para-hydroxylation sites is 1. The van der Waals surface area contributed by atoms with E-state index >= 15 is 0 Å². The van der Waals surface area contributed by atoms with Gasteiger partial charge in [-0.25, -0.2) is 0 Å². The minimum atomic E-state index is 0.0324. The molecule has 1 aromatic heterocycles. The van der Waals surface area contributed by atoms with Crippen molar-refractivity contribution in [2.45, 2.75) is 19.3 Å². The maximum Gasteiger partial charge on any atom is 0.130 e. The average Bonchev–Trinajstić information content (AvgIpc) is 3.00. The molecule has 1 heterocycles. The lowest BCUT2D eigenvalue weighted by molar-refractivity contribution is -0.117. The van der Waals surface area contributed by atoms with Crippen LogP contribution in [0.1, 0.15) is 30.4 Å². The minimum absolute atomic E-state index is 0.0324. The maximum atomic E-state index is 12.2. The van der Waals surface area contributed by atoms with E-state index < -0.39 is 0 Å². The molecule has 0 aliphatic rings. The molecule has 0 radical (unpaired) electrons. The summed E-state index contributed by atoms with van der Waals surface area (Å²) in [6.45, 7) is 1.68. The van der Waals surface area contributed by atoms with Gasteiger partial charge in [-0.15, -0.1) is 0 Å². The molecule has 4 rings (SSSR count). The Morgan fingerprint density at radius 3 is 2.11 bits per heavy atom. The molecule has 4 aromatic rings. The molecule has 0 bridgehead atoms. The number of benzene rings is 3. The molecular formula is C25H23NO. The van der Waals surface area contributed by atoms with Gasteiger partial charge < -0.3 is 4.57 Å². The van der Waals surface area contributed by atoms with Crippen LogP contribution in [0.3, 0.4) is 0 Å². The van der Waals surface area contributed by atoms with Crippen LogP contribution in [-0.2, 0) is 11.8 Å². The predicted molar refractivity (Wildman–Crippen MR) is 112 cm³/mol. The molecule has 0 saturated carbocycles. The van der Waals surface area contributed by atoms with Gasteiger partial charge in [0, 0.05) is 30.3 Å². The van der Waals surface area contributed by atoms with E-state index in [1.54, 1.807) is 6.92 Å². The molecule has 134 valence electrons. The van der Waals surface area contributed by atoms with Gasteiger partial charge in [0.15, 0.2) is 0 Å². The Hall–Kier alpha value is -3.13. The van der Waals surface area contributed by atoms with Crippen molar-refractivity contribution in [2.24, 2.45) is 7.05 Å². The highest BCUT2D eigenvalue weighted by atomic mass is 16.1. The van der Waals surface area contributed by atoms with Crippen LogP contribution in [-0.4, -0.2) is 10.4 Å². The Balaban J connectivity index is 2.05. The number of aryl methyl sites for hydroxylation is 1. The van der Waals surface area contributed by atoms with E-state index in [9.17, 15) is 4.79 Å². The molecule has 0 N–H and O–H groups in total. The van der Waals surface area contributed by atoms with Gasteiger partial charge in [0.2, 0.25) is 0 Å². The van der Waals surface area contributed by atoms with Gasteiger partial charge in [0.25, 0.3) is 0 Å². The van der Waals surface area contributed by atoms with Crippen molar-refractivity contribution in [3.8, 4) is 11.3 Å². The summed E-state index contributed by atoms with van der Waals surface area (Å²) >= 11 is 0. The van der Waals surface area contributed by atoms with Gasteiger partial charge in [-0.05, 0) is 29.7 Å². The fourth-order valence-electron chi connectivity index (χ4n) is 4.08. The summed E-state index contributed by atoms with van der Waals surface area (Å²) in [7, 11) is 2.12. The number of carbonyl (C=O) groups excluding carboxylic acids is 1. The average molecular weight is 353 g/mol. The SMILES string of the molecule is CC(=O)CC(c1ccccc1)c1c(-c2ccccc2)n(C)c2ccccc12. The lowest BCUT2D eigenvalue weighted by Crippen LogP contribution is -2.08. The first kappa shape index (κ1) is 17.3. The highest BCUT2D eigenvalue weighted by Gasteiger charge is 2.26. The lowest BCUT2D eigenvalue weighted by Gasteiger charge is -2.19. The zero-order valence-corrected chi connectivity index (χ0v) is 15.7. The Bertz CT molecular complexity index is 1080. The summed E-state index contributed by atoms with van der Waals surface area (Å²) < 4.78 is 2.26. The van der Waals surface area contributed by atoms with Gasteiger partial charge in [-0.3, -0.25) is 4.79 Å². The van der Waals surface area contributed by atoms with Crippen LogP contribution >= 0.6 is 0 Å². The highest BCUT2D eigenvalue weighted by molar-refractivity contribution is 5.94. The lowest BCUT2D eigenvalue weighted by atomic mass is 9.84. The van der Waals surface area contributed by atoms with Crippen LogP contribution in [0.5, 0.6) is 0 Å². The number of Topliss-reactive ketones (excluding diaryl/α,β-unsaturated/α-hetero) is 1. The molecule has 1 unspecified atom stereocenters. The fraction of sp³-hybridized carbons (Fsp3) is 0.160. The maximum absolute atomic E-state index is 12.2. The van der Waals surface area contributed by atoms with Crippen molar-refractivity contribution < 1.29 is 4.79 Å². The second-order valence-electron chi connectivity index (χ2n) is 7.07. The first-order valence-corrected chi connectivity index (χ1v) is 9.34. The Labute approximate surface area is 160 Å². The van der Waals surface area contributed by atoms with E-state index in [0.717, 1.165) is 0 Å². The third-order valence-electron chi connectivity index (χ3n) is 5.24. The van der Waals surface area contributed by atoms with E-state index in [0.29, 0.717) is 6.42 Å². The quantitative estimate of drug-likeness (QED) is 0.434. The molecule has 3 aromatic carbocycles. The number of rotatable bonds is 5. The van der Waals surface area contributed by atoms with Crippen molar-refractivity contribution in [2.75, 3.05) is 0 Å². The third kappa shape index (κ3) is 3.19. The number of hydrogen-bond acceptors (Lipinski definition) is 1. The molecule has 2 heteroatoms. The van der Waals surface area contributed by atoms with Crippen LogP contribution in [0.25, 0.3) is 22.2 Å². The molecule has 0 saturated heterocycles. The van der Waals surface area contributed by atoms with Crippen LogP contribution in [0.4, 0.5) is 0 Å². The number of fused-ring (bicyclic) bond motifs is 1. The van der Waals surface area contributed by atoms with E-state index in [2.05, 4.69) is 84.4 Å². The van der Waals surface area contributed by atoms with Crippen LogP contribution in [0.2, 0.25) is 0 Å². The topological polar surface area (TPSA) is 22.0 Å². The second kappa shape index (κ2) is 7.24. The summed E-state index contributed by atoms with van der Waals surface area (Å²) in [4.78, 5) is 12.2. The summed E-state index contributed by atoms with van der Waals surface area (Å²) in [5, 5.41) is 1.22. The number of ketones is 1. The molecule has 2 nitrogen and oxygen atoms in total. The zero-order valence-electron chi connectivity index (χ0n) is 15.7. The zero-order chi connectivity index (χ0) is 18.8. The summed E-state index contributed by atoms with van der Waals surface area (Å²) in [5.41, 5.74) is 5.97. The Morgan fingerprint density at radius 2 is 1.44 bits per heavy atom. The molecule has 0 aliphatic carbocycles. The molecular weight excluding hydrogens is 330 g/mol. The van der Waals surface area contributed by atoms with Gasteiger partial charge in [-0.2, -0.15) is 0 Å². The molecule has 0 aliphatic heterocycles. The van der Waals surface area contributed by atoms with E-state index in [1.807, 2.05) is 12.1 Å². The van der Waals surface area contributed by atoms with E-state index in [-0.39, 0.29) is 11.7 Å². The van der Waals surface area contributed by atoms with Crippen LogP contribution in [0.15, 0.2) is 84.9 Å². The van der Waals surface area contributed by atoms with Crippen molar-refractivity contribution in [1.29, 1.82) is 0 Å². The van der Waals surface area contributed by atoms with Crippen molar-refractivity contribution in [3.05, 3.63) is 96.1 Å². The summed E-state index contributed by atoms with van der Waals surface area (Å²) in [6.07, 6.45) is 0.498. The number of hydrogen-bond donors (Lipinski definition) is 0. The molecule has 0 fully saturated rings. The van der Waals surface area contributed by atoms with Gasteiger partial charge in [0.05, 0.1) is 5.69 Å². The van der Waals surface area contributed by atoms with Gasteiger partial charge >= 0.3 is 0 Å². The molecule has 0 spiro atoms. The highest BCUT2D eigenvalue weighted by Crippen LogP contribution is 2.42. The summed E-state index contributed by atoms with van der Waals surface area (Å²) in [5.74, 6) is 0.237. The minimum Gasteiger partial charge on any atom is -0.343 e. The number of carbonyl (C=O) groups is 1. The normalized spacial score (nSPS) is 12.2. The Kier molecular flexibility index (Phi) is 4.64. The molecule has 27 heavy (non-hydrogen) atoms. The number of nitrogens with zero attached hydrogens (tertiary/aromatic N) is 1. The first-order valence-electron chi connectivity index (χ1n) is 9.34. The predicted octanol–water partition coefficient (Wildman–Crippen LogP) is 5.96. The van der Waals surface area contributed by atoms with Crippen LogP contribution in [0, 0.1) is 0 Å². The third-order valence-corrected chi connectivity index (χ3v) is 5.24. The fourth-order valence-corrected chi connectivity index (χ4v) is 4.08. The van der Waals surface area contributed by atoms with Crippen LogP contribution < -0.4 is 0 Å². The molecule has 1 atom stereocenters. The standard InChI is InChI=1S/C25H23NO/c1-18(27)17-22(19-11-5-3-6-12-19)24-21-15-9-10-16-23(21)26(2)25(24)20-13-7-4-8-14-20/h3-16,22H,17H2,1-2H3. The van der Waals surface area contributed by atoms with Gasteiger partial charge in [-0.1, -0.05) is 78.9 Å². The monoisotopic (exact) mass is 353 g/mol. The van der Waals surface area contributed by atoms with E-state index in [4.69, 9.17) is 0 Å². The van der Waals surface area contributed by atoms with Crippen molar-refractivity contribution in [3.63, 3.8) is 0 Å². The number of aromatic nitrogens is 1. The second-order valence-corrected chi connectivity index (χ2v) is 7.07. The smallest absolute Gasteiger partial charge is 0.130 e. The Morgan fingerprint density at radius 1 is 0.852 bits per heavy atom. The molecule has 0 amide bonds. The first-order chi connectivity index (χ1) is 13.2. The van der Waals surface area contributed by atoms with Crippen molar-refractivity contribution in [1.82, 2.24) is 4.57 Å².